The van der Waals surface area contributed by atoms with Gasteiger partial charge in [-0.2, -0.15) is 0 Å². The lowest BCUT2D eigenvalue weighted by Crippen LogP contribution is -2.30. The zero-order valence-electron chi connectivity index (χ0n) is 23.5. The largest absolute Gasteiger partial charge is 0.496 e. The van der Waals surface area contributed by atoms with Gasteiger partial charge in [-0.25, -0.2) is 0 Å². The minimum Gasteiger partial charge on any atom is -0.496 e. The summed E-state index contributed by atoms with van der Waals surface area (Å²) in [6, 6.07) is 29.1. The molecule has 0 aliphatic carbocycles. The second-order valence-corrected chi connectivity index (χ2v) is 10.7. The number of anilines is 2. The van der Waals surface area contributed by atoms with E-state index < -0.39 is 23.0 Å². The molecule has 0 fully saturated rings. The summed E-state index contributed by atoms with van der Waals surface area (Å²) < 4.78 is 5.41. The first-order chi connectivity index (χ1) is 20.7. The molecule has 218 valence electrons. The van der Waals surface area contributed by atoms with Crippen LogP contribution < -0.4 is 26.4 Å². The Bertz CT molecular complexity index is 1660. The van der Waals surface area contributed by atoms with Gasteiger partial charge in [0.2, 0.25) is 11.8 Å². The van der Waals surface area contributed by atoms with Gasteiger partial charge < -0.3 is 26.4 Å². The molecule has 0 bridgehead atoms. The second-order valence-electron chi connectivity index (χ2n) is 9.29. The number of nitrogens with one attached hydrogen (secondary N) is 3. The number of carbonyl (C=O) groups excluding carboxylic acids is 4. The van der Waals surface area contributed by atoms with Crippen molar-refractivity contribution in [2.45, 2.75) is 17.1 Å². The quantitative estimate of drug-likeness (QED) is 0.137. The fraction of sp³-hybridized carbons (Fsp3) is 0.0909. The van der Waals surface area contributed by atoms with E-state index in [2.05, 4.69) is 16.0 Å². The molecule has 5 N–H and O–H groups in total. The van der Waals surface area contributed by atoms with E-state index in [1.807, 2.05) is 12.1 Å². The second kappa shape index (κ2) is 14.5. The van der Waals surface area contributed by atoms with E-state index in [4.69, 9.17) is 10.5 Å². The van der Waals surface area contributed by atoms with Crippen molar-refractivity contribution in [1.82, 2.24) is 5.32 Å². The van der Waals surface area contributed by atoms with Crippen molar-refractivity contribution in [2.75, 3.05) is 17.7 Å². The van der Waals surface area contributed by atoms with Crippen LogP contribution in [0.2, 0.25) is 0 Å². The molecule has 0 aromatic heterocycles. The number of nitrogens with two attached hydrogens (primary N) is 1. The van der Waals surface area contributed by atoms with Gasteiger partial charge in [0.15, 0.2) is 0 Å². The van der Waals surface area contributed by atoms with Crippen LogP contribution in [0, 0.1) is 0 Å². The van der Waals surface area contributed by atoms with Gasteiger partial charge in [0.1, 0.15) is 11.4 Å². The van der Waals surface area contributed by atoms with E-state index in [0.29, 0.717) is 33.8 Å². The smallest absolute Gasteiger partial charge is 0.272 e. The Hall–Kier alpha value is -5.35. The fourth-order valence-corrected chi connectivity index (χ4v) is 4.87. The fourth-order valence-electron chi connectivity index (χ4n) is 3.95. The zero-order valence-corrected chi connectivity index (χ0v) is 24.3. The molecule has 10 heteroatoms. The summed E-state index contributed by atoms with van der Waals surface area (Å²) in [5.74, 6) is -1.23. The topological polar surface area (TPSA) is 140 Å². The maximum Gasteiger partial charge on any atom is 0.272 e. The number of thioether (sulfide) groups is 1. The number of amides is 4. The first-order valence-electron chi connectivity index (χ1n) is 13.2. The van der Waals surface area contributed by atoms with Gasteiger partial charge >= 0.3 is 0 Å². The number of para-hydroxylation sites is 1. The molecule has 0 aliphatic heterocycles. The van der Waals surface area contributed by atoms with Gasteiger partial charge in [-0.1, -0.05) is 42.5 Å². The third kappa shape index (κ3) is 8.57. The molecule has 0 radical (unpaired) electrons. The van der Waals surface area contributed by atoms with Gasteiger partial charge in [0.05, 0.1) is 12.4 Å². The molecule has 43 heavy (non-hydrogen) atoms. The van der Waals surface area contributed by atoms with Crippen LogP contribution in [-0.4, -0.2) is 36.0 Å². The molecule has 4 rings (SSSR count). The number of primary amides is 1. The highest BCUT2D eigenvalue weighted by molar-refractivity contribution is 8.00. The molecule has 0 heterocycles. The van der Waals surface area contributed by atoms with E-state index in [0.717, 1.165) is 4.90 Å². The average Bonchev–Trinajstić information content (AvgIpc) is 3.01. The summed E-state index contributed by atoms with van der Waals surface area (Å²) in [5, 5.41) is 7.89. The Morgan fingerprint density at radius 2 is 1.49 bits per heavy atom. The molecule has 0 saturated carbocycles. The number of ether oxygens (including phenoxy) is 1. The zero-order chi connectivity index (χ0) is 30.8. The van der Waals surface area contributed by atoms with Crippen LogP contribution in [0.25, 0.3) is 6.08 Å². The maximum atomic E-state index is 13.5. The summed E-state index contributed by atoms with van der Waals surface area (Å²) in [6.07, 6.45) is 1.55. The monoisotopic (exact) mass is 594 g/mol. The molecule has 1 atom stereocenters. The van der Waals surface area contributed by atoms with Crippen molar-refractivity contribution < 1.29 is 23.9 Å². The molecule has 4 amide bonds. The Kier molecular flexibility index (Phi) is 10.3. The molecule has 0 saturated heterocycles. The van der Waals surface area contributed by atoms with Crippen molar-refractivity contribution in [3.8, 4) is 5.75 Å². The lowest BCUT2D eigenvalue weighted by molar-refractivity contribution is -0.115. The van der Waals surface area contributed by atoms with Crippen molar-refractivity contribution >= 4 is 52.8 Å². The third-order valence-corrected chi connectivity index (χ3v) is 7.27. The van der Waals surface area contributed by atoms with Gasteiger partial charge in [-0.05, 0) is 73.7 Å². The normalized spacial score (nSPS) is 11.6. The SMILES string of the molecule is COc1ccccc1/C=C(/NC(=O)c1ccccc1)C(=O)Nc1cccc(SC(C)C(=O)Nc2ccc(C(N)=O)cc2)c1. The van der Waals surface area contributed by atoms with Crippen LogP contribution in [0.3, 0.4) is 0 Å². The van der Waals surface area contributed by atoms with Crippen LogP contribution in [-0.2, 0) is 9.59 Å². The van der Waals surface area contributed by atoms with Crippen molar-refractivity contribution in [2.24, 2.45) is 5.73 Å². The first-order valence-corrected chi connectivity index (χ1v) is 14.1. The predicted octanol–water partition coefficient (Wildman–Crippen LogP) is 5.32. The summed E-state index contributed by atoms with van der Waals surface area (Å²) in [7, 11) is 1.53. The van der Waals surface area contributed by atoms with E-state index >= 15 is 0 Å². The van der Waals surface area contributed by atoms with Gasteiger partial charge in [-0.15, -0.1) is 11.8 Å². The predicted molar refractivity (Wildman–Crippen MR) is 169 cm³/mol. The molecule has 0 spiro atoms. The number of benzene rings is 4. The van der Waals surface area contributed by atoms with E-state index in [1.165, 1.54) is 18.9 Å². The minimum atomic E-state index is -0.547. The molecule has 4 aromatic carbocycles. The first kappa shape index (κ1) is 30.6. The number of hydrogen-bond donors (Lipinski definition) is 4. The third-order valence-electron chi connectivity index (χ3n) is 6.18. The molecule has 4 aromatic rings. The summed E-state index contributed by atoms with van der Waals surface area (Å²) >= 11 is 1.31. The molecular formula is C33H30N4O5S. The number of rotatable bonds is 11. The molecular weight excluding hydrogens is 564 g/mol. The van der Waals surface area contributed by atoms with Crippen LogP contribution >= 0.6 is 11.8 Å². The highest BCUT2D eigenvalue weighted by Crippen LogP contribution is 2.27. The van der Waals surface area contributed by atoms with Crippen LogP contribution in [0.5, 0.6) is 5.75 Å². The highest BCUT2D eigenvalue weighted by Gasteiger charge is 2.18. The molecule has 9 nitrogen and oxygen atoms in total. The van der Waals surface area contributed by atoms with Crippen molar-refractivity contribution in [3.63, 3.8) is 0 Å². The van der Waals surface area contributed by atoms with Crippen LogP contribution in [0.15, 0.2) is 114 Å². The lowest BCUT2D eigenvalue weighted by Gasteiger charge is -2.14. The van der Waals surface area contributed by atoms with E-state index in [-0.39, 0.29) is 11.6 Å². The van der Waals surface area contributed by atoms with Crippen molar-refractivity contribution in [1.29, 1.82) is 0 Å². The van der Waals surface area contributed by atoms with Gasteiger partial charge in [0, 0.05) is 33.0 Å². The standard InChI is InChI=1S/C33H30N4O5S/c1-21(31(39)35-25-17-15-22(16-18-25)30(34)38)43-27-13-8-12-26(20-27)36-33(41)28(19-24-11-6-7-14-29(24)42-2)37-32(40)23-9-4-3-5-10-23/h3-21H,1-2H3,(H2,34,38)(H,35,39)(H,36,41)(H,37,40)/b28-19+. The van der Waals surface area contributed by atoms with E-state index in [9.17, 15) is 19.2 Å². The average molecular weight is 595 g/mol. The Morgan fingerprint density at radius 3 is 2.19 bits per heavy atom. The number of methoxy groups -OCH3 is 1. The van der Waals surface area contributed by atoms with Crippen LogP contribution in [0.1, 0.15) is 33.2 Å². The number of carbonyl (C=O) groups is 4. The maximum absolute atomic E-state index is 13.5. The Morgan fingerprint density at radius 1 is 0.791 bits per heavy atom. The lowest BCUT2D eigenvalue weighted by atomic mass is 10.1. The van der Waals surface area contributed by atoms with Crippen LogP contribution in [0.4, 0.5) is 11.4 Å². The minimum absolute atomic E-state index is 0.0199. The Balaban J connectivity index is 1.48. The summed E-state index contributed by atoms with van der Waals surface area (Å²) in [6.45, 7) is 1.76. The van der Waals surface area contributed by atoms with Gasteiger partial charge in [0.25, 0.3) is 11.8 Å². The summed E-state index contributed by atoms with van der Waals surface area (Å²) in [4.78, 5) is 51.2. The Labute approximate surface area is 253 Å². The molecule has 0 aliphatic rings. The van der Waals surface area contributed by atoms with Crippen molar-refractivity contribution in [3.05, 3.63) is 126 Å². The summed E-state index contributed by atoms with van der Waals surface area (Å²) in [5.41, 5.74) is 7.66. The molecule has 1 unspecified atom stereocenters. The van der Waals surface area contributed by atoms with E-state index in [1.54, 1.807) is 104 Å². The van der Waals surface area contributed by atoms with Gasteiger partial charge in [-0.3, -0.25) is 19.2 Å². The highest BCUT2D eigenvalue weighted by atomic mass is 32.2. The number of hydrogen-bond acceptors (Lipinski definition) is 6.